The second kappa shape index (κ2) is 5.85. The highest BCUT2D eigenvalue weighted by molar-refractivity contribution is 8.16. The molecule has 112 valence electrons. The Hall–Kier alpha value is -2.27. The van der Waals surface area contributed by atoms with Crippen molar-refractivity contribution in [3.05, 3.63) is 59.7 Å². The molecule has 2 aromatic carbocycles. The zero-order valence-corrected chi connectivity index (χ0v) is 13.2. The van der Waals surface area contributed by atoms with Crippen molar-refractivity contribution >= 4 is 34.3 Å². The van der Waals surface area contributed by atoms with Gasteiger partial charge in [-0.1, -0.05) is 35.9 Å². The Kier molecular flexibility index (Phi) is 3.90. The van der Waals surface area contributed by atoms with Gasteiger partial charge in [-0.3, -0.25) is 9.59 Å². The molecule has 0 bridgehead atoms. The number of nitrogens with zero attached hydrogens (tertiary/aromatic N) is 1. The number of amides is 2. The quantitative estimate of drug-likeness (QED) is 0.932. The number of carbonyl (C=O) groups excluding carboxylic acids is 2. The van der Waals surface area contributed by atoms with E-state index in [1.165, 1.54) is 4.90 Å². The van der Waals surface area contributed by atoms with E-state index in [9.17, 15) is 9.59 Å². The summed E-state index contributed by atoms with van der Waals surface area (Å²) in [4.78, 5) is 26.0. The van der Waals surface area contributed by atoms with Gasteiger partial charge in [0, 0.05) is 5.69 Å². The summed E-state index contributed by atoms with van der Waals surface area (Å²) in [5.41, 5.74) is 3.53. The highest BCUT2D eigenvalue weighted by atomic mass is 32.2. The maximum absolute atomic E-state index is 12.6. The predicted octanol–water partition coefficient (Wildman–Crippen LogP) is 3.94. The van der Waals surface area contributed by atoms with E-state index in [1.807, 2.05) is 56.3 Å². The first-order chi connectivity index (χ1) is 10.6. The summed E-state index contributed by atoms with van der Waals surface area (Å²) in [6, 6.07) is 15.1. The van der Waals surface area contributed by atoms with Crippen LogP contribution in [-0.4, -0.2) is 16.5 Å². The molecule has 1 heterocycles. The first-order valence-corrected chi connectivity index (χ1v) is 7.87. The molecule has 1 aliphatic heterocycles. The van der Waals surface area contributed by atoms with Gasteiger partial charge in [0.25, 0.3) is 11.1 Å². The Labute approximate surface area is 133 Å². The lowest BCUT2D eigenvalue weighted by Gasteiger charge is -2.16. The van der Waals surface area contributed by atoms with Crippen molar-refractivity contribution < 1.29 is 9.59 Å². The fraction of sp³-hybridized carbons (Fsp3) is 0.176. The fourth-order valence-corrected chi connectivity index (χ4v) is 3.23. The minimum atomic E-state index is -0.588. The zero-order chi connectivity index (χ0) is 15.7. The molecule has 1 saturated heterocycles. The first kappa shape index (κ1) is 14.7. The number of nitrogens with one attached hydrogen (secondary N) is 1. The number of hydrogen-bond donors (Lipinski definition) is 1. The molecule has 0 spiro atoms. The molecule has 1 atom stereocenters. The normalized spacial score (nSPS) is 17.9. The van der Waals surface area contributed by atoms with Crippen LogP contribution in [0.1, 0.15) is 11.1 Å². The van der Waals surface area contributed by atoms with Gasteiger partial charge in [-0.25, -0.2) is 4.90 Å². The molecule has 0 saturated carbocycles. The monoisotopic (exact) mass is 312 g/mol. The van der Waals surface area contributed by atoms with Crippen LogP contribution >= 0.6 is 11.8 Å². The van der Waals surface area contributed by atoms with Crippen molar-refractivity contribution in [2.75, 3.05) is 10.2 Å². The fourth-order valence-electron chi connectivity index (χ4n) is 2.33. The van der Waals surface area contributed by atoms with Crippen LogP contribution < -0.4 is 10.2 Å². The van der Waals surface area contributed by atoms with E-state index in [4.69, 9.17) is 0 Å². The number of carbonyl (C=O) groups is 2. The predicted molar refractivity (Wildman–Crippen MR) is 90.2 cm³/mol. The third-order valence-electron chi connectivity index (χ3n) is 3.55. The number of anilines is 2. The molecular weight excluding hydrogens is 296 g/mol. The molecular formula is C17H16N2O2S. The average molecular weight is 312 g/mol. The molecule has 4 nitrogen and oxygen atoms in total. The van der Waals surface area contributed by atoms with Crippen LogP contribution in [0.3, 0.4) is 0 Å². The van der Waals surface area contributed by atoms with Gasteiger partial charge in [-0.2, -0.15) is 0 Å². The lowest BCUT2D eigenvalue weighted by atomic mass is 10.2. The van der Waals surface area contributed by atoms with Gasteiger partial charge in [-0.15, -0.1) is 0 Å². The number of imide groups is 1. The summed E-state index contributed by atoms with van der Waals surface area (Å²) in [6.45, 7) is 3.89. The molecule has 3 rings (SSSR count). The molecule has 5 heteroatoms. The number of benzene rings is 2. The lowest BCUT2D eigenvalue weighted by molar-refractivity contribution is -0.116. The maximum Gasteiger partial charge on any atom is 0.295 e. The van der Waals surface area contributed by atoms with Gasteiger partial charge in [0.15, 0.2) is 5.37 Å². The molecule has 2 aromatic rings. The summed E-state index contributed by atoms with van der Waals surface area (Å²) in [7, 11) is 0. The first-order valence-electron chi connectivity index (χ1n) is 6.99. The smallest absolute Gasteiger partial charge is 0.295 e. The van der Waals surface area contributed by atoms with E-state index in [0.29, 0.717) is 5.69 Å². The Bertz CT molecular complexity index is 728. The van der Waals surface area contributed by atoms with Crippen molar-refractivity contribution in [2.24, 2.45) is 0 Å². The van der Waals surface area contributed by atoms with Crippen LogP contribution in [-0.2, 0) is 4.79 Å². The van der Waals surface area contributed by atoms with E-state index < -0.39 is 5.37 Å². The zero-order valence-electron chi connectivity index (χ0n) is 12.4. The summed E-state index contributed by atoms with van der Waals surface area (Å²) < 4.78 is 0. The molecule has 22 heavy (non-hydrogen) atoms. The third kappa shape index (κ3) is 2.72. The molecule has 2 amide bonds. The summed E-state index contributed by atoms with van der Waals surface area (Å²) >= 11 is 1.01. The minimum absolute atomic E-state index is 0.232. The average Bonchev–Trinajstić information content (AvgIpc) is 2.77. The van der Waals surface area contributed by atoms with Gasteiger partial charge in [0.2, 0.25) is 0 Å². The van der Waals surface area contributed by atoms with Crippen molar-refractivity contribution in [3.63, 3.8) is 0 Å². The Morgan fingerprint density at radius 3 is 2.36 bits per heavy atom. The summed E-state index contributed by atoms with van der Waals surface area (Å²) in [5.74, 6) is -0.232. The minimum Gasteiger partial charge on any atom is -0.365 e. The molecule has 1 fully saturated rings. The van der Waals surface area contributed by atoms with Crippen LogP contribution in [0.15, 0.2) is 48.5 Å². The number of para-hydroxylation sites is 1. The largest absolute Gasteiger partial charge is 0.365 e. The Balaban J connectivity index is 1.82. The topological polar surface area (TPSA) is 49.4 Å². The van der Waals surface area contributed by atoms with Gasteiger partial charge in [0.1, 0.15) is 0 Å². The van der Waals surface area contributed by atoms with Crippen molar-refractivity contribution in [3.8, 4) is 0 Å². The van der Waals surface area contributed by atoms with Crippen molar-refractivity contribution in [1.29, 1.82) is 0 Å². The molecule has 1 N–H and O–H groups in total. The van der Waals surface area contributed by atoms with E-state index in [2.05, 4.69) is 5.32 Å². The van der Waals surface area contributed by atoms with Gasteiger partial charge in [-0.05, 0) is 49.4 Å². The number of aryl methyl sites for hydroxylation is 2. The van der Waals surface area contributed by atoms with Crippen LogP contribution in [0.25, 0.3) is 0 Å². The van der Waals surface area contributed by atoms with Gasteiger partial charge >= 0.3 is 0 Å². The van der Waals surface area contributed by atoms with Crippen LogP contribution in [0.4, 0.5) is 16.2 Å². The van der Waals surface area contributed by atoms with Crippen molar-refractivity contribution in [2.45, 2.75) is 19.2 Å². The highest BCUT2D eigenvalue weighted by Gasteiger charge is 2.41. The van der Waals surface area contributed by atoms with E-state index >= 15 is 0 Å². The van der Waals surface area contributed by atoms with Gasteiger partial charge in [0.05, 0.1) is 5.69 Å². The standard InChI is InChI=1S/C17H16N2O2S/c1-11-7-9-13(10-8-11)18-15-16(20)19(17(21)22-15)14-6-4-3-5-12(14)2/h3-10,15,18H,1-2H3. The second-order valence-corrected chi connectivity index (χ2v) is 6.29. The van der Waals surface area contributed by atoms with E-state index in [0.717, 1.165) is 28.6 Å². The molecule has 0 aromatic heterocycles. The molecule has 0 radical (unpaired) electrons. The SMILES string of the molecule is Cc1ccc(NC2SC(=O)N(c3ccccc3C)C2=O)cc1. The molecule has 1 aliphatic rings. The summed E-state index contributed by atoms with van der Waals surface area (Å²) in [6.07, 6.45) is 0. The van der Waals surface area contributed by atoms with Crippen molar-refractivity contribution in [1.82, 2.24) is 0 Å². The Morgan fingerprint density at radius 1 is 1.00 bits per heavy atom. The second-order valence-electron chi connectivity index (χ2n) is 5.23. The van der Waals surface area contributed by atoms with Gasteiger partial charge < -0.3 is 5.32 Å². The summed E-state index contributed by atoms with van der Waals surface area (Å²) in [5, 5.41) is 2.28. The van der Waals surface area contributed by atoms with E-state index in [1.54, 1.807) is 6.07 Å². The van der Waals surface area contributed by atoms with E-state index in [-0.39, 0.29) is 11.1 Å². The van der Waals surface area contributed by atoms with Crippen LogP contribution in [0.5, 0.6) is 0 Å². The van der Waals surface area contributed by atoms with Crippen LogP contribution in [0.2, 0.25) is 0 Å². The Morgan fingerprint density at radius 2 is 1.68 bits per heavy atom. The molecule has 1 unspecified atom stereocenters. The van der Waals surface area contributed by atoms with Crippen LogP contribution in [0, 0.1) is 13.8 Å². The number of hydrogen-bond acceptors (Lipinski definition) is 4. The highest BCUT2D eigenvalue weighted by Crippen LogP contribution is 2.33. The number of thioether (sulfide) groups is 1. The lowest BCUT2D eigenvalue weighted by Crippen LogP contribution is -2.34. The third-order valence-corrected chi connectivity index (χ3v) is 4.49. The molecule has 0 aliphatic carbocycles. The maximum atomic E-state index is 12.6. The number of rotatable bonds is 3.